The predicted molar refractivity (Wildman–Crippen MR) is 113 cm³/mol. The summed E-state index contributed by atoms with van der Waals surface area (Å²) in [6, 6.07) is 0. The first-order valence-electron chi connectivity index (χ1n) is 11.6. The van der Waals surface area contributed by atoms with Gasteiger partial charge in [-0.3, -0.25) is 4.79 Å². The molecule has 0 atom stereocenters. The van der Waals surface area contributed by atoms with Gasteiger partial charge in [0, 0.05) is 13.0 Å². The van der Waals surface area contributed by atoms with Crippen molar-refractivity contribution in [3.8, 4) is 0 Å². The Morgan fingerprint density at radius 3 is 1.22 bits per heavy atom. The second kappa shape index (κ2) is 23.4. The average molecular weight is 387 g/mol. The monoisotopic (exact) mass is 386 g/mol. The zero-order valence-electron chi connectivity index (χ0n) is 17.7. The van der Waals surface area contributed by atoms with Gasteiger partial charge in [0.1, 0.15) is 0 Å². The number of carboxylic acids is 1. The van der Waals surface area contributed by atoms with E-state index in [9.17, 15) is 4.79 Å². The topological polar surface area (TPSA) is 81.6 Å². The molecule has 0 aliphatic carbocycles. The molecule has 0 aromatic heterocycles. The van der Waals surface area contributed by atoms with Crippen molar-refractivity contribution in [3.05, 3.63) is 0 Å². The van der Waals surface area contributed by atoms with Gasteiger partial charge in [-0.15, -0.1) is 0 Å². The van der Waals surface area contributed by atoms with E-state index in [1.54, 1.807) is 0 Å². The molecule has 4 N–H and O–H groups in total. The lowest BCUT2D eigenvalue weighted by Crippen LogP contribution is -2.16. The van der Waals surface area contributed by atoms with Crippen molar-refractivity contribution in [3.63, 3.8) is 0 Å². The minimum Gasteiger partial charge on any atom is -0.481 e. The van der Waals surface area contributed by atoms with E-state index in [-0.39, 0.29) is 0 Å². The van der Waals surface area contributed by atoms with Crippen LogP contribution >= 0.6 is 0 Å². The van der Waals surface area contributed by atoms with Gasteiger partial charge >= 0.3 is 5.97 Å². The SMILES string of the molecule is O=C(O)CCCCNCCCCCCCCCCCCCCCCCNO. The fraction of sp³-hybridized carbons (Fsp3) is 0.955. The summed E-state index contributed by atoms with van der Waals surface area (Å²) in [5.41, 5.74) is 2.21. The molecule has 0 saturated heterocycles. The minimum absolute atomic E-state index is 0.298. The number of carbonyl (C=O) groups is 1. The summed E-state index contributed by atoms with van der Waals surface area (Å²) >= 11 is 0. The van der Waals surface area contributed by atoms with E-state index in [1.165, 1.54) is 89.9 Å². The van der Waals surface area contributed by atoms with Gasteiger partial charge in [0.2, 0.25) is 0 Å². The summed E-state index contributed by atoms with van der Waals surface area (Å²) in [6.45, 7) is 2.76. The number of hydrogen-bond acceptors (Lipinski definition) is 4. The molecule has 0 amide bonds. The highest BCUT2D eigenvalue weighted by Gasteiger charge is 1.97. The second-order valence-corrected chi connectivity index (χ2v) is 7.81. The first-order valence-corrected chi connectivity index (χ1v) is 11.6. The number of carboxylic acid groups (broad SMARTS) is 1. The first kappa shape index (κ1) is 26.4. The third-order valence-corrected chi connectivity index (χ3v) is 5.14. The molecule has 0 aromatic rings. The summed E-state index contributed by atoms with van der Waals surface area (Å²) < 4.78 is 0. The molecule has 27 heavy (non-hydrogen) atoms. The van der Waals surface area contributed by atoms with Crippen LogP contribution in [0.2, 0.25) is 0 Å². The Morgan fingerprint density at radius 2 is 0.852 bits per heavy atom. The number of rotatable bonds is 23. The molecule has 0 saturated carbocycles. The van der Waals surface area contributed by atoms with Crippen LogP contribution in [0.15, 0.2) is 0 Å². The molecule has 0 unspecified atom stereocenters. The van der Waals surface area contributed by atoms with Gasteiger partial charge < -0.3 is 15.6 Å². The van der Waals surface area contributed by atoms with Crippen LogP contribution in [0.1, 0.15) is 116 Å². The van der Waals surface area contributed by atoms with Gasteiger partial charge in [-0.1, -0.05) is 83.5 Å². The lowest BCUT2D eigenvalue weighted by Gasteiger charge is -2.05. The van der Waals surface area contributed by atoms with Crippen molar-refractivity contribution in [1.29, 1.82) is 0 Å². The summed E-state index contributed by atoms with van der Waals surface area (Å²) in [5.74, 6) is -0.686. The Balaban J connectivity index is 2.98. The van der Waals surface area contributed by atoms with Crippen LogP contribution in [0.3, 0.4) is 0 Å². The molecule has 162 valence electrons. The number of hydroxylamine groups is 1. The number of nitrogens with one attached hydrogen (secondary N) is 2. The molecule has 0 rings (SSSR count). The summed E-state index contributed by atoms with van der Waals surface area (Å²) in [4.78, 5) is 10.4. The van der Waals surface area contributed by atoms with E-state index in [1.807, 2.05) is 0 Å². The fourth-order valence-corrected chi connectivity index (χ4v) is 3.40. The van der Waals surface area contributed by atoms with Crippen molar-refractivity contribution in [2.75, 3.05) is 19.6 Å². The lowest BCUT2D eigenvalue weighted by atomic mass is 10.0. The predicted octanol–water partition coefficient (Wildman–Crippen LogP) is 5.66. The molecule has 0 heterocycles. The van der Waals surface area contributed by atoms with Gasteiger partial charge in [0.05, 0.1) is 0 Å². The van der Waals surface area contributed by atoms with Crippen LogP contribution < -0.4 is 10.8 Å². The number of aliphatic carboxylic acids is 1. The van der Waals surface area contributed by atoms with Gasteiger partial charge in [0.25, 0.3) is 0 Å². The Morgan fingerprint density at radius 1 is 0.519 bits per heavy atom. The second-order valence-electron chi connectivity index (χ2n) is 7.81. The van der Waals surface area contributed by atoms with Crippen molar-refractivity contribution >= 4 is 5.97 Å². The smallest absolute Gasteiger partial charge is 0.303 e. The Labute approximate surface area is 167 Å². The van der Waals surface area contributed by atoms with Crippen molar-refractivity contribution in [2.24, 2.45) is 0 Å². The quantitative estimate of drug-likeness (QED) is 0.134. The van der Waals surface area contributed by atoms with E-state index in [4.69, 9.17) is 10.3 Å². The largest absolute Gasteiger partial charge is 0.481 e. The molecule has 0 aliphatic heterocycles. The molecule has 0 radical (unpaired) electrons. The molecule has 0 aliphatic rings. The van der Waals surface area contributed by atoms with Crippen molar-refractivity contribution in [2.45, 2.75) is 116 Å². The highest BCUT2D eigenvalue weighted by Crippen LogP contribution is 2.13. The van der Waals surface area contributed by atoms with Crippen LogP contribution in [0, 0.1) is 0 Å². The van der Waals surface area contributed by atoms with E-state index in [2.05, 4.69) is 10.8 Å². The van der Waals surface area contributed by atoms with Gasteiger partial charge in [-0.25, -0.2) is 5.48 Å². The lowest BCUT2D eigenvalue weighted by molar-refractivity contribution is -0.137. The Bertz CT molecular complexity index is 301. The van der Waals surface area contributed by atoms with E-state index < -0.39 is 5.97 Å². The molecular weight excluding hydrogens is 340 g/mol. The normalized spacial score (nSPS) is 11.1. The highest BCUT2D eigenvalue weighted by atomic mass is 16.5. The van der Waals surface area contributed by atoms with Crippen LogP contribution in [0.4, 0.5) is 0 Å². The van der Waals surface area contributed by atoms with Crippen molar-refractivity contribution < 1.29 is 15.1 Å². The van der Waals surface area contributed by atoms with Gasteiger partial charge in [-0.2, -0.15) is 0 Å². The maximum Gasteiger partial charge on any atom is 0.303 e. The number of hydrogen-bond donors (Lipinski definition) is 4. The van der Waals surface area contributed by atoms with E-state index >= 15 is 0 Å². The minimum atomic E-state index is -0.686. The molecule has 0 bridgehead atoms. The zero-order valence-corrected chi connectivity index (χ0v) is 17.7. The van der Waals surface area contributed by atoms with Crippen LogP contribution in [0.5, 0.6) is 0 Å². The molecule has 5 heteroatoms. The van der Waals surface area contributed by atoms with E-state index in [0.717, 1.165) is 38.9 Å². The van der Waals surface area contributed by atoms with Gasteiger partial charge in [-0.05, 0) is 38.8 Å². The third-order valence-electron chi connectivity index (χ3n) is 5.14. The van der Waals surface area contributed by atoms with Crippen molar-refractivity contribution in [1.82, 2.24) is 10.8 Å². The zero-order chi connectivity index (χ0) is 19.8. The summed E-state index contributed by atoms with van der Waals surface area (Å²) in [5, 5.41) is 20.4. The Hall–Kier alpha value is -0.650. The summed E-state index contributed by atoms with van der Waals surface area (Å²) in [7, 11) is 0. The van der Waals surface area contributed by atoms with Crippen LogP contribution in [-0.2, 0) is 4.79 Å². The maximum absolute atomic E-state index is 10.4. The highest BCUT2D eigenvalue weighted by molar-refractivity contribution is 5.66. The third kappa shape index (κ3) is 25.3. The number of unbranched alkanes of at least 4 members (excludes halogenated alkanes) is 15. The van der Waals surface area contributed by atoms with Crippen LogP contribution in [-0.4, -0.2) is 35.9 Å². The standard InChI is InChI=1S/C22H46N2O3/c25-22(26)18-14-17-20-23-19-15-12-10-8-6-4-2-1-3-5-7-9-11-13-16-21-24-27/h23-24,27H,1-21H2,(H,25,26). The average Bonchev–Trinajstić information content (AvgIpc) is 2.65. The fourth-order valence-electron chi connectivity index (χ4n) is 3.40. The van der Waals surface area contributed by atoms with E-state index in [0.29, 0.717) is 6.42 Å². The molecule has 0 fully saturated rings. The molecule has 0 aromatic carbocycles. The molecule has 5 nitrogen and oxygen atoms in total. The Kier molecular flexibility index (Phi) is 22.8. The van der Waals surface area contributed by atoms with Gasteiger partial charge in [0.15, 0.2) is 0 Å². The first-order chi connectivity index (χ1) is 13.3. The molecular formula is C22H46N2O3. The maximum atomic E-state index is 10.4. The molecule has 0 spiro atoms. The summed E-state index contributed by atoms with van der Waals surface area (Å²) in [6.07, 6.45) is 22.1. The van der Waals surface area contributed by atoms with Crippen LogP contribution in [0.25, 0.3) is 0 Å².